The van der Waals surface area contributed by atoms with E-state index in [0.717, 1.165) is 17.8 Å². The van der Waals surface area contributed by atoms with Gasteiger partial charge >= 0.3 is 12.1 Å². The van der Waals surface area contributed by atoms with E-state index in [4.69, 9.17) is 9.84 Å². The van der Waals surface area contributed by atoms with E-state index in [2.05, 4.69) is 15.3 Å². The minimum atomic E-state index is -4.82. The lowest BCUT2D eigenvalue weighted by Gasteiger charge is -2.34. The van der Waals surface area contributed by atoms with E-state index in [1.807, 2.05) is 30.3 Å². The van der Waals surface area contributed by atoms with Gasteiger partial charge < -0.3 is 20.1 Å². The van der Waals surface area contributed by atoms with Gasteiger partial charge in [0.15, 0.2) is 12.4 Å². The third kappa shape index (κ3) is 8.52. The van der Waals surface area contributed by atoms with Gasteiger partial charge in [-0.3, -0.25) is 24.1 Å². The highest BCUT2D eigenvalue weighted by Crippen LogP contribution is 2.26. The summed E-state index contributed by atoms with van der Waals surface area (Å²) >= 11 is 0. The van der Waals surface area contributed by atoms with Gasteiger partial charge in [0.2, 0.25) is 23.5 Å². The number of carboxylic acids is 1. The van der Waals surface area contributed by atoms with Gasteiger partial charge in [0, 0.05) is 31.9 Å². The Morgan fingerprint density at radius 3 is 2.51 bits per heavy atom. The maximum atomic E-state index is 12.7. The van der Waals surface area contributed by atoms with Crippen molar-refractivity contribution in [2.24, 2.45) is 0 Å². The van der Waals surface area contributed by atoms with Crippen molar-refractivity contribution in [1.29, 1.82) is 0 Å². The first kappa shape index (κ1) is 27.5. The number of amides is 2. The molecular weight excluding hydrogens is 499 g/mol. The molecule has 2 N–H and O–H groups in total. The Morgan fingerprint density at radius 1 is 1.14 bits per heavy atom. The summed E-state index contributed by atoms with van der Waals surface area (Å²) in [6.45, 7) is 0.0914. The average Bonchev–Trinajstić information content (AvgIpc) is 2.84. The normalized spacial score (nSPS) is 15.2. The molecule has 11 nitrogen and oxygen atoms in total. The predicted molar refractivity (Wildman–Crippen MR) is 120 cm³/mol. The Kier molecular flexibility index (Phi) is 9.11. The summed E-state index contributed by atoms with van der Waals surface area (Å²) in [5.41, 5.74) is 0.968. The second-order valence-corrected chi connectivity index (χ2v) is 8.20. The summed E-state index contributed by atoms with van der Waals surface area (Å²) in [6.07, 6.45) is -4.79. The zero-order chi connectivity index (χ0) is 27.0. The Hall–Kier alpha value is -4.07. The molecule has 0 saturated carbocycles. The fraction of sp³-hybridized carbons (Fsp3) is 0.391. The van der Waals surface area contributed by atoms with Crippen molar-refractivity contribution in [3.63, 3.8) is 0 Å². The summed E-state index contributed by atoms with van der Waals surface area (Å²) in [4.78, 5) is 58.1. The number of nitrogens with one attached hydrogen (secondary N) is 1. The molecule has 1 aliphatic heterocycles. The first-order chi connectivity index (χ1) is 17.5. The van der Waals surface area contributed by atoms with E-state index in [9.17, 15) is 32.3 Å². The van der Waals surface area contributed by atoms with Crippen molar-refractivity contribution in [3.05, 3.63) is 54.0 Å². The van der Waals surface area contributed by atoms with Gasteiger partial charge in [-0.2, -0.15) is 18.2 Å². The van der Waals surface area contributed by atoms with E-state index in [1.54, 1.807) is 9.80 Å². The van der Waals surface area contributed by atoms with Crippen LogP contribution in [0.15, 0.2) is 42.6 Å². The number of ketones is 1. The molecule has 0 bridgehead atoms. The quantitative estimate of drug-likeness (QED) is 0.436. The number of aliphatic carboxylic acids is 1. The van der Waals surface area contributed by atoms with Crippen LogP contribution in [0, 0.1) is 0 Å². The maximum absolute atomic E-state index is 12.7. The van der Waals surface area contributed by atoms with E-state index in [-0.39, 0.29) is 19.0 Å². The van der Waals surface area contributed by atoms with Crippen LogP contribution < -0.4 is 10.1 Å². The van der Waals surface area contributed by atoms with Crippen molar-refractivity contribution in [2.75, 3.05) is 32.8 Å². The summed E-state index contributed by atoms with van der Waals surface area (Å²) in [7, 11) is 0. The molecule has 0 radical (unpaired) electrons. The van der Waals surface area contributed by atoms with Crippen LogP contribution >= 0.6 is 0 Å². The highest BCUT2D eigenvalue weighted by Gasteiger charge is 2.35. The lowest BCUT2D eigenvalue weighted by Crippen LogP contribution is -2.54. The van der Waals surface area contributed by atoms with E-state index < -0.39 is 54.6 Å². The number of hydrogen-bond donors (Lipinski definition) is 2. The molecule has 1 aromatic heterocycles. The third-order valence-electron chi connectivity index (χ3n) is 5.33. The number of ether oxygens (including phenoxy) is 1. The molecule has 0 aliphatic carbocycles. The molecule has 1 aliphatic rings. The van der Waals surface area contributed by atoms with Crippen molar-refractivity contribution < 1.29 is 42.2 Å². The van der Waals surface area contributed by atoms with Crippen LogP contribution in [0.3, 0.4) is 0 Å². The summed E-state index contributed by atoms with van der Waals surface area (Å²) in [5, 5.41) is 11.4. The first-order valence-electron chi connectivity index (χ1n) is 11.1. The molecule has 1 fully saturated rings. The third-order valence-corrected chi connectivity index (χ3v) is 5.33. The fourth-order valence-electron chi connectivity index (χ4n) is 3.53. The van der Waals surface area contributed by atoms with Gasteiger partial charge in [-0.15, -0.1) is 0 Å². The van der Waals surface area contributed by atoms with Crippen LogP contribution in [0.1, 0.15) is 17.8 Å². The second-order valence-electron chi connectivity index (χ2n) is 8.20. The fourth-order valence-corrected chi connectivity index (χ4v) is 3.53. The Labute approximate surface area is 209 Å². The molecule has 0 spiro atoms. The SMILES string of the molecule is O=C(O)CC(NC(=O)CN1CCN(Cc2ccccc2)C(=O)C1)C(=O)COc1ccnc(C(F)(F)F)n1. The largest absolute Gasteiger partial charge is 0.481 e. The topological polar surface area (TPSA) is 142 Å². The number of alkyl halides is 3. The van der Waals surface area contributed by atoms with E-state index >= 15 is 0 Å². The molecule has 1 atom stereocenters. The van der Waals surface area contributed by atoms with Crippen molar-refractivity contribution in [2.45, 2.75) is 25.2 Å². The van der Waals surface area contributed by atoms with Crippen LogP contribution in [0.2, 0.25) is 0 Å². The number of carboxylic acid groups (broad SMARTS) is 1. The average molecular weight is 523 g/mol. The number of rotatable bonds is 11. The molecule has 198 valence electrons. The van der Waals surface area contributed by atoms with Crippen LogP contribution in [-0.2, 0) is 31.9 Å². The monoisotopic (exact) mass is 523 g/mol. The molecular formula is C23H24F3N5O6. The maximum Gasteiger partial charge on any atom is 0.451 e. The molecule has 1 unspecified atom stereocenters. The van der Waals surface area contributed by atoms with E-state index in [0.29, 0.717) is 19.6 Å². The first-order valence-corrected chi connectivity index (χ1v) is 11.1. The van der Waals surface area contributed by atoms with Crippen LogP contribution in [0.4, 0.5) is 13.2 Å². The summed E-state index contributed by atoms with van der Waals surface area (Å²) in [5.74, 6) is -5.14. The number of hydrogen-bond acceptors (Lipinski definition) is 8. The highest BCUT2D eigenvalue weighted by atomic mass is 19.4. The number of Topliss-reactive ketones (excluding diaryl/α,β-unsaturated/α-hetero) is 1. The molecule has 2 amide bonds. The van der Waals surface area contributed by atoms with Crippen molar-refractivity contribution in [1.82, 2.24) is 25.1 Å². The minimum Gasteiger partial charge on any atom is -0.481 e. The molecule has 14 heteroatoms. The number of carbonyl (C=O) groups excluding carboxylic acids is 3. The zero-order valence-electron chi connectivity index (χ0n) is 19.5. The number of carbonyl (C=O) groups is 4. The molecule has 3 rings (SSSR count). The minimum absolute atomic E-state index is 0.0316. The molecule has 2 heterocycles. The Balaban J connectivity index is 1.52. The Bertz CT molecular complexity index is 1130. The molecule has 1 saturated heterocycles. The van der Waals surface area contributed by atoms with Gasteiger partial charge in [-0.1, -0.05) is 30.3 Å². The Morgan fingerprint density at radius 2 is 1.86 bits per heavy atom. The lowest BCUT2D eigenvalue weighted by molar-refractivity contribution is -0.145. The summed E-state index contributed by atoms with van der Waals surface area (Å²) < 4.78 is 43.2. The number of benzene rings is 1. The van der Waals surface area contributed by atoms with Crippen LogP contribution in [-0.4, -0.2) is 87.3 Å². The highest BCUT2D eigenvalue weighted by molar-refractivity contribution is 5.93. The lowest BCUT2D eigenvalue weighted by atomic mass is 10.1. The molecule has 1 aromatic carbocycles. The zero-order valence-corrected chi connectivity index (χ0v) is 19.5. The van der Waals surface area contributed by atoms with Crippen molar-refractivity contribution >= 4 is 23.6 Å². The number of piperazine rings is 1. The van der Waals surface area contributed by atoms with Gasteiger partial charge in [0.1, 0.15) is 6.04 Å². The van der Waals surface area contributed by atoms with Gasteiger partial charge in [0.05, 0.1) is 19.5 Å². The van der Waals surface area contributed by atoms with E-state index in [1.165, 1.54) is 0 Å². The molecule has 2 aromatic rings. The predicted octanol–water partition coefficient (Wildman–Crippen LogP) is 0.747. The number of halogens is 3. The smallest absolute Gasteiger partial charge is 0.451 e. The second kappa shape index (κ2) is 12.3. The van der Waals surface area contributed by atoms with Gasteiger partial charge in [-0.05, 0) is 5.56 Å². The van der Waals surface area contributed by atoms with Crippen LogP contribution in [0.5, 0.6) is 5.88 Å². The van der Waals surface area contributed by atoms with Crippen LogP contribution in [0.25, 0.3) is 0 Å². The number of nitrogens with zero attached hydrogens (tertiary/aromatic N) is 4. The standard InChI is InChI=1S/C23H24F3N5O6/c24-23(25,26)22-27-7-6-19(29-22)37-14-17(32)16(10-21(35)36)28-18(33)12-30-8-9-31(20(34)13-30)11-15-4-2-1-3-5-15/h1-7,16H,8-14H2,(H,28,33)(H,35,36). The van der Waals surface area contributed by atoms with Gasteiger partial charge in [0.25, 0.3) is 0 Å². The number of aromatic nitrogens is 2. The summed E-state index contributed by atoms with van der Waals surface area (Å²) in [6, 6.07) is 8.91. The van der Waals surface area contributed by atoms with Gasteiger partial charge in [-0.25, -0.2) is 4.98 Å². The van der Waals surface area contributed by atoms with Crippen molar-refractivity contribution in [3.8, 4) is 5.88 Å². The molecule has 37 heavy (non-hydrogen) atoms.